The largest absolute Gasteiger partial charge is 0.396 e. The smallest absolute Gasteiger partial charge is 0.290 e. The van der Waals surface area contributed by atoms with Crippen LogP contribution in [0.3, 0.4) is 0 Å². The minimum Gasteiger partial charge on any atom is -0.396 e. The van der Waals surface area contributed by atoms with Gasteiger partial charge < -0.3 is 5.11 Å². The molecule has 0 aliphatic rings. The summed E-state index contributed by atoms with van der Waals surface area (Å²) in [6, 6.07) is 0. The van der Waals surface area contributed by atoms with E-state index < -0.39 is 10.1 Å². The fourth-order valence-electron chi connectivity index (χ4n) is 0.817. The Morgan fingerprint density at radius 2 is 2.08 bits per heavy atom. The zero-order chi connectivity index (χ0) is 9.61. The average Bonchev–Trinajstić information content (AvgIpc) is 1.95. The number of hydrogen-bond donors (Lipinski definition) is 2. The van der Waals surface area contributed by atoms with Crippen molar-refractivity contribution in [2.45, 2.75) is 26.2 Å². The summed E-state index contributed by atoms with van der Waals surface area (Å²) in [5.74, 6) is 0. The number of aliphatic hydroxyl groups is 1. The minimum atomic E-state index is -4.05. The normalized spacial score (nSPS) is 13.4. The summed E-state index contributed by atoms with van der Waals surface area (Å²) in [4.78, 5) is -0.000880. The summed E-state index contributed by atoms with van der Waals surface area (Å²) in [5, 5.41) is 8.45. The van der Waals surface area contributed by atoms with Crippen LogP contribution in [-0.4, -0.2) is 24.7 Å². The van der Waals surface area contributed by atoms with E-state index in [0.717, 1.165) is 0 Å². The molecule has 0 fully saturated rings. The van der Waals surface area contributed by atoms with Crippen molar-refractivity contribution in [1.29, 1.82) is 0 Å². The Morgan fingerprint density at radius 1 is 1.50 bits per heavy atom. The Labute approximate surface area is 72.7 Å². The molecule has 0 aliphatic carbocycles. The van der Waals surface area contributed by atoms with Crippen molar-refractivity contribution in [2.24, 2.45) is 0 Å². The van der Waals surface area contributed by atoms with Crippen LogP contribution in [0, 0.1) is 0 Å². The van der Waals surface area contributed by atoms with E-state index in [1.807, 2.05) is 0 Å². The predicted molar refractivity (Wildman–Crippen MR) is 46.2 cm³/mol. The fraction of sp³-hybridized carbons (Fsp3) is 0.714. The second-order valence-corrected chi connectivity index (χ2v) is 3.86. The van der Waals surface area contributed by atoms with Gasteiger partial charge in [-0.3, -0.25) is 4.55 Å². The maximum atomic E-state index is 10.6. The molecule has 0 unspecified atom stereocenters. The van der Waals surface area contributed by atoms with Gasteiger partial charge in [-0.25, -0.2) is 0 Å². The quantitative estimate of drug-likeness (QED) is 0.639. The lowest BCUT2D eigenvalue weighted by molar-refractivity contribution is 0.289. The van der Waals surface area contributed by atoms with E-state index in [-0.39, 0.29) is 17.9 Å². The van der Waals surface area contributed by atoms with Gasteiger partial charge in [0.2, 0.25) is 0 Å². The molecule has 5 heteroatoms. The lowest BCUT2D eigenvalue weighted by Crippen LogP contribution is -2.02. The van der Waals surface area contributed by atoms with Crippen molar-refractivity contribution >= 4 is 10.1 Å². The highest BCUT2D eigenvalue weighted by Gasteiger charge is 2.11. The molecule has 0 rings (SSSR count). The first-order valence-corrected chi connectivity index (χ1v) is 5.23. The van der Waals surface area contributed by atoms with Crippen molar-refractivity contribution in [3.8, 4) is 0 Å². The molecule has 0 radical (unpaired) electrons. The monoisotopic (exact) mass is 194 g/mol. The maximum absolute atomic E-state index is 10.6. The van der Waals surface area contributed by atoms with E-state index in [1.54, 1.807) is 6.92 Å². The molecule has 0 aromatic rings. The van der Waals surface area contributed by atoms with Crippen LogP contribution in [-0.2, 0) is 10.1 Å². The molecule has 0 heterocycles. The highest BCUT2D eigenvalue weighted by molar-refractivity contribution is 7.89. The molecule has 0 saturated carbocycles. The first kappa shape index (κ1) is 11.6. The van der Waals surface area contributed by atoms with Gasteiger partial charge in [0, 0.05) is 6.61 Å². The summed E-state index contributed by atoms with van der Waals surface area (Å²) in [5.41, 5.74) is 0. The molecule has 0 spiro atoms. The van der Waals surface area contributed by atoms with Gasteiger partial charge in [0.15, 0.2) is 0 Å². The van der Waals surface area contributed by atoms with Crippen molar-refractivity contribution in [2.75, 3.05) is 6.61 Å². The molecule has 0 aliphatic heterocycles. The highest BCUT2D eigenvalue weighted by Crippen LogP contribution is 2.12. The van der Waals surface area contributed by atoms with Gasteiger partial charge in [0.05, 0.1) is 4.91 Å². The van der Waals surface area contributed by atoms with Crippen molar-refractivity contribution < 1.29 is 18.1 Å². The number of hydrogen-bond acceptors (Lipinski definition) is 3. The second kappa shape index (κ2) is 5.29. The third-order valence-corrected chi connectivity index (χ3v) is 2.38. The second-order valence-electron chi connectivity index (χ2n) is 2.38. The predicted octanol–water partition coefficient (Wildman–Crippen LogP) is 0.941. The van der Waals surface area contributed by atoms with Crippen LogP contribution in [0.25, 0.3) is 0 Å². The summed E-state index contributed by atoms with van der Waals surface area (Å²) in [6.07, 6.45) is 2.56. The van der Waals surface area contributed by atoms with E-state index in [2.05, 4.69) is 0 Å². The van der Waals surface area contributed by atoms with Crippen LogP contribution in [0.5, 0.6) is 0 Å². The van der Waals surface area contributed by atoms with Crippen LogP contribution >= 0.6 is 0 Å². The Morgan fingerprint density at radius 3 is 2.42 bits per heavy atom. The van der Waals surface area contributed by atoms with Crippen LogP contribution in [0.15, 0.2) is 11.0 Å². The highest BCUT2D eigenvalue weighted by atomic mass is 32.2. The Kier molecular flexibility index (Phi) is 5.12. The minimum absolute atomic E-state index is 0.000880. The van der Waals surface area contributed by atoms with Crippen LogP contribution < -0.4 is 0 Å². The molecule has 0 amide bonds. The fourth-order valence-corrected chi connectivity index (χ4v) is 1.60. The Bertz CT molecular complexity index is 240. The molecule has 0 aromatic heterocycles. The standard InChI is InChI=1S/C7H14O4S/c1-2-4-7(5-3-6-8)12(9,10)11/h4,8H,2-3,5-6H2,1H3,(H,9,10,11). The van der Waals surface area contributed by atoms with Gasteiger partial charge in [-0.1, -0.05) is 13.0 Å². The van der Waals surface area contributed by atoms with Gasteiger partial charge in [-0.15, -0.1) is 0 Å². The Balaban J connectivity index is 4.37. The molecule has 2 N–H and O–H groups in total. The van der Waals surface area contributed by atoms with Crippen LogP contribution in [0.4, 0.5) is 0 Å². The molecule has 0 bridgehead atoms. The topological polar surface area (TPSA) is 74.6 Å². The van der Waals surface area contributed by atoms with Gasteiger partial charge in [-0.05, 0) is 19.3 Å². The van der Waals surface area contributed by atoms with E-state index in [9.17, 15) is 8.42 Å². The number of rotatable bonds is 5. The zero-order valence-electron chi connectivity index (χ0n) is 7.02. The summed E-state index contributed by atoms with van der Waals surface area (Å²) >= 11 is 0. The SMILES string of the molecule is CCC=C(CCCO)S(=O)(=O)O. The molecular weight excluding hydrogens is 180 g/mol. The van der Waals surface area contributed by atoms with Crippen molar-refractivity contribution in [1.82, 2.24) is 0 Å². The lowest BCUT2D eigenvalue weighted by Gasteiger charge is -2.01. The van der Waals surface area contributed by atoms with E-state index in [1.165, 1.54) is 6.08 Å². The molecule has 72 valence electrons. The van der Waals surface area contributed by atoms with Gasteiger partial charge in [0.25, 0.3) is 10.1 Å². The molecular formula is C7H14O4S. The van der Waals surface area contributed by atoms with Crippen LogP contribution in [0.1, 0.15) is 26.2 Å². The first-order chi connectivity index (χ1) is 5.52. The zero-order valence-corrected chi connectivity index (χ0v) is 7.84. The number of allylic oxidation sites excluding steroid dienone is 2. The van der Waals surface area contributed by atoms with Crippen molar-refractivity contribution in [3.05, 3.63) is 11.0 Å². The van der Waals surface area contributed by atoms with Gasteiger partial charge in [-0.2, -0.15) is 8.42 Å². The summed E-state index contributed by atoms with van der Waals surface area (Å²) in [7, 11) is -4.05. The summed E-state index contributed by atoms with van der Waals surface area (Å²) in [6.45, 7) is 1.71. The number of aliphatic hydroxyl groups excluding tert-OH is 1. The Hall–Kier alpha value is -0.390. The first-order valence-electron chi connectivity index (χ1n) is 3.79. The summed E-state index contributed by atoms with van der Waals surface area (Å²) < 4.78 is 29.9. The molecule has 0 aromatic carbocycles. The van der Waals surface area contributed by atoms with E-state index in [4.69, 9.17) is 9.66 Å². The van der Waals surface area contributed by atoms with E-state index in [0.29, 0.717) is 12.8 Å². The molecule has 4 nitrogen and oxygen atoms in total. The van der Waals surface area contributed by atoms with Crippen LogP contribution in [0.2, 0.25) is 0 Å². The van der Waals surface area contributed by atoms with E-state index >= 15 is 0 Å². The average molecular weight is 194 g/mol. The third kappa shape index (κ3) is 4.48. The maximum Gasteiger partial charge on any atom is 0.290 e. The molecule has 0 saturated heterocycles. The molecule has 12 heavy (non-hydrogen) atoms. The molecule has 0 atom stereocenters. The van der Waals surface area contributed by atoms with Gasteiger partial charge >= 0.3 is 0 Å². The van der Waals surface area contributed by atoms with Gasteiger partial charge in [0.1, 0.15) is 0 Å². The van der Waals surface area contributed by atoms with Crippen molar-refractivity contribution in [3.63, 3.8) is 0 Å². The lowest BCUT2D eigenvalue weighted by atomic mass is 10.3. The third-order valence-electron chi connectivity index (χ3n) is 1.34.